The molecule has 1 aliphatic rings. The Morgan fingerprint density at radius 2 is 1.50 bits per heavy atom. The molecule has 1 aliphatic heterocycles. The first-order valence-corrected chi connectivity index (χ1v) is 10.8. The molecule has 0 bridgehead atoms. The smallest absolute Gasteiger partial charge is 0.415 e. The van der Waals surface area contributed by atoms with Gasteiger partial charge < -0.3 is 14.4 Å². The van der Waals surface area contributed by atoms with Crippen molar-refractivity contribution >= 4 is 6.09 Å². The number of hydrogen-bond acceptors (Lipinski definition) is 4. The zero-order chi connectivity index (χ0) is 22.3. The molecule has 3 aromatic carbocycles. The van der Waals surface area contributed by atoms with Gasteiger partial charge in [0.25, 0.3) is 0 Å². The van der Waals surface area contributed by atoms with Gasteiger partial charge >= 0.3 is 6.09 Å². The van der Waals surface area contributed by atoms with E-state index in [-0.39, 0.29) is 0 Å². The van der Waals surface area contributed by atoms with Crippen LogP contribution in [-0.4, -0.2) is 31.2 Å². The molecular weight excluding hydrogens is 400 g/mol. The second-order valence-corrected chi connectivity index (χ2v) is 8.00. The highest BCUT2D eigenvalue weighted by Gasteiger charge is 2.31. The fraction of sp³-hybridized carbons (Fsp3) is 0.259. The number of carbonyl (C=O) groups is 1. The first kappa shape index (κ1) is 21.5. The molecule has 0 N–H and O–H groups in total. The summed E-state index contributed by atoms with van der Waals surface area (Å²) >= 11 is 0. The first-order chi connectivity index (χ1) is 15.7. The summed E-state index contributed by atoms with van der Waals surface area (Å²) in [5.41, 5.74) is 3.00. The van der Waals surface area contributed by atoms with E-state index in [9.17, 15) is 10.1 Å². The number of nitrogens with zero attached hydrogens (tertiary/aromatic N) is 2. The average molecular weight is 427 g/mol. The third-order valence-corrected chi connectivity index (χ3v) is 6.04. The summed E-state index contributed by atoms with van der Waals surface area (Å²) in [6.07, 6.45) is 1.40. The van der Waals surface area contributed by atoms with Crippen LogP contribution >= 0.6 is 0 Å². The molecule has 0 aromatic heterocycles. The van der Waals surface area contributed by atoms with Crippen LogP contribution in [0.1, 0.15) is 35.4 Å². The Balaban J connectivity index is 1.45. The van der Waals surface area contributed by atoms with E-state index in [2.05, 4.69) is 54.6 Å². The first-order valence-electron chi connectivity index (χ1n) is 10.8. The quantitative estimate of drug-likeness (QED) is 0.532. The lowest BCUT2D eigenvalue weighted by Gasteiger charge is -2.36. The molecule has 1 saturated heterocycles. The van der Waals surface area contributed by atoms with E-state index in [0.29, 0.717) is 42.0 Å². The highest BCUT2D eigenvalue weighted by Crippen LogP contribution is 2.38. The Bertz CT molecular complexity index is 1050. The van der Waals surface area contributed by atoms with Crippen molar-refractivity contribution < 1.29 is 14.3 Å². The number of hydrogen-bond donors (Lipinski definition) is 0. The van der Waals surface area contributed by atoms with E-state index in [1.54, 1.807) is 23.1 Å². The van der Waals surface area contributed by atoms with Gasteiger partial charge in [0.05, 0.1) is 18.7 Å². The Kier molecular flexibility index (Phi) is 6.72. The summed E-state index contributed by atoms with van der Waals surface area (Å²) in [7, 11) is 1.52. The van der Waals surface area contributed by atoms with Crippen LogP contribution in [0.2, 0.25) is 0 Å². The molecule has 0 unspecified atom stereocenters. The van der Waals surface area contributed by atoms with Gasteiger partial charge in [0.15, 0.2) is 0 Å². The molecule has 0 atom stereocenters. The average Bonchev–Trinajstić information content (AvgIpc) is 2.85. The van der Waals surface area contributed by atoms with E-state index in [1.165, 1.54) is 18.2 Å². The van der Waals surface area contributed by atoms with Crippen LogP contribution in [0.25, 0.3) is 0 Å². The standard InChI is InChI=1S/C27H26N2O3/c1-31-24-16-20(19-28)17-25(18-24)32-27(30)29-14-12-23(13-15-29)26(21-8-4-2-5-9-21)22-10-6-3-7-11-22/h2-11,16-18,23,26H,12-15H2,1H3. The molecule has 5 nitrogen and oxygen atoms in total. The van der Waals surface area contributed by atoms with Gasteiger partial charge in [0.2, 0.25) is 0 Å². The number of piperidine rings is 1. The molecular formula is C27H26N2O3. The third kappa shape index (κ3) is 4.92. The Hall–Kier alpha value is -3.78. The van der Waals surface area contributed by atoms with E-state index >= 15 is 0 Å². The van der Waals surface area contributed by atoms with Crippen LogP contribution in [0.4, 0.5) is 4.79 Å². The normalized spacial score (nSPS) is 14.1. The molecule has 5 heteroatoms. The number of likely N-dealkylation sites (tertiary alicyclic amines) is 1. The van der Waals surface area contributed by atoms with Crippen molar-refractivity contribution in [2.45, 2.75) is 18.8 Å². The van der Waals surface area contributed by atoms with Gasteiger partial charge in [0, 0.05) is 25.1 Å². The second kappa shape index (κ2) is 10.0. The van der Waals surface area contributed by atoms with Crippen molar-refractivity contribution in [3.63, 3.8) is 0 Å². The highest BCUT2D eigenvalue weighted by molar-refractivity contribution is 5.71. The highest BCUT2D eigenvalue weighted by atomic mass is 16.6. The van der Waals surface area contributed by atoms with Gasteiger partial charge in [0.1, 0.15) is 11.5 Å². The molecule has 1 heterocycles. The molecule has 4 rings (SSSR count). The van der Waals surface area contributed by atoms with Gasteiger partial charge in [-0.15, -0.1) is 0 Å². The molecule has 3 aromatic rings. The summed E-state index contributed by atoms with van der Waals surface area (Å²) in [6.45, 7) is 1.27. The Labute approximate surface area is 188 Å². The van der Waals surface area contributed by atoms with E-state index in [1.807, 2.05) is 12.1 Å². The molecule has 0 radical (unpaired) electrons. The predicted molar refractivity (Wildman–Crippen MR) is 123 cm³/mol. The zero-order valence-corrected chi connectivity index (χ0v) is 18.1. The minimum absolute atomic E-state index is 0.298. The van der Waals surface area contributed by atoms with Gasteiger partial charge in [-0.1, -0.05) is 60.7 Å². The van der Waals surface area contributed by atoms with Gasteiger partial charge in [-0.3, -0.25) is 0 Å². The van der Waals surface area contributed by atoms with Crippen LogP contribution in [0.3, 0.4) is 0 Å². The van der Waals surface area contributed by atoms with Crippen LogP contribution in [0, 0.1) is 17.2 Å². The number of carbonyl (C=O) groups excluding carboxylic acids is 1. The number of benzene rings is 3. The maximum Gasteiger partial charge on any atom is 0.415 e. The molecule has 1 amide bonds. The summed E-state index contributed by atoms with van der Waals surface area (Å²) in [6, 6.07) is 28.0. The van der Waals surface area contributed by atoms with Gasteiger partial charge in [-0.25, -0.2) is 4.79 Å². The fourth-order valence-corrected chi connectivity index (χ4v) is 4.45. The van der Waals surface area contributed by atoms with Crippen molar-refractivity contribution in [3.8, 4) is 17.6 Å². The number of methoxy groups -OCH3 is 1. The summed E-state index contributed by atoms with van der Waals surface area (Å²) in [5, 5.41) is 9.18. The van der Waals surface area contributed by atoms with Crippen molar-refractivity contribution in [2.24, 2.45) is 5.92 Å². The predicted octanol–water partition coefficient (Wildman–Crippen LogP) is 5.61. The van der Waals surface area contributed by atoms with Gasteiger partial charge in [-0.2, -0.15) is 5.26 Å². The third-order valence-electron chi connectivity index (χ3n) is 6.04. The van der Waals surface area contributed by atoms with Gasteiger partial charge in [-0.05, 0) is 42.0 Å². The molecule has 0 aliphatic carbocycles. The van der Waals surface area contributed by atoms with Crippen molar-refractivity contribution in [1.29, 1.82) is 5.26 Å². The molecule has 32 heavy (non-hydrogen) atoms. The maximum absolute atomic E-state index is 12.8. The van der Waals surface area contributed by atoms with Crippen molar-refractivity contribution in [2.75, 3.05) is 20.2 Å². The molecule has 0 spiro atoms. The molecule has 0 saturated carbocycles. The number of amides is 1. The van der Waals surface area contributed by atoms with Crippen LogP contribution in [-0.2, 0) is 0 Å². The van der Waals surface area contributed by atoms with E-state index in [0.717, 1.165) is 12.8 Å². The number of nitriles is 1. The maximum atomic E-state index is 12.8. The number of rotatable bonds is 5. The van der Waals surface area contributed by atoms with Crippen molar-refractivity contribution in [1.82, 2.24) is 4.90 Å². The zero-order valence-electron chi connectivity index (χ0n) is 18.1. The summed E-state index contributed by atoms with van der Waals surface area (Å²) < 4.78 is 10.8. The van der Waals surface area contributed by atoms with Crippen molar-refractivity contribution in [3.05, 3.63) is 95.6 Å². The monoisotopic (exact) mass is 426 g/mol. The SMILES string of the molecule is COc1cc(C#N)cc(OC(=O)N2CCC(C(c3ccccc3)c3ccccc3)CC2)c1. The largest absolute Gasteiger partial charge is 0.497 e. The summed E-state index contributed by atoms with van der Waals surface area (Å²) in [5.74, 6) is 1.54. The minimum Gasteiger partial charge on any atom is -0.497 e. The topological polar surface area (TPSA) is 62.6 Å². The van der Waals surface area contributed by atoms with Crippen LogP contribution in [0.15, 0.2) is 78.9 Å². The lowest BCUT2D eigenvalue weighted by molar-refractivity contribution is 0.128. The van der Waals surface area contributed by atoms with Crippen LogP contribution < -0.4 is 9.47 Å². The number of ether oxygens (including phenoxy) is 2. The Morgan fingerprint density at radius 1 is 0.938 bits per heavy atom. The van der Waals surface area contributed by atoms with E-state index in [4.69, 9.17) is 9.47 Å². The lowest BCUT2D eigenvalue weighted by atomic mass is 9.76. The minimum atomic E-state index is -0.392. The second-order valence-electron chi connectivity index (χ2n) is 8.00. The molecule has 162 valence electrons. The lowest BCUT2D eigenvalue weighted by Crippen LogP contribution is -2.41. The van der Waals surface area contributed by atoms with Crippen LogP contribution in [0.5, 0.6) is 11.5 Å². The summed E-state index contributed by atoms with van der Waals surface area (Å²) in [4.78, 5) is 14.5. The fourth-order valence-electron chi connectivity index (χ4n) is 4.45. The Morgan fingerprint density at radius 3 is 2.03 bits per heavy atom. The van der Waals surface area contributed by atoms with E-state index < -0.39 is 6.09 Å². The molecule has 1 fully saturated rings.